The number of amides is 2. The molecule has 1 aliphatic rings. The van der Waals surface area contributed by atoms with Crippen molar-refractivity contribution in [3.8, 4) is 0 Å². The zero-order chi connectivity index (χ0) is 15.6. The second-order valence-corrected chi connectivity index (χ2v) is 6.15. The van der Waals surface area contributed by atoms with Crippen LogP contribution in [-0.2, 0) is 9.59 Å². The van der Waals surface area contributed by atoms with Crippen LogP contribution in [0.1, 0.15) is 24.8 Å². The van der Waals surface area contributed by atoms with Crippen LogP contribution in [0.15, 0.2) is 30.3 Å². The second-order valence-electron chi connectivity index (χ2n) is 5.68. The highest BCUT2D eigenvalue weighted by atomic mass is 32.1. The Kier molecular flexibility index (Phi) is 4.27. The number of rotatable bonds is 4. The van der Waals surface area contributed by atoms with Crippen molar-refractivity contribution in [2.75, 3.05) is 13.1 Å². The molecular weight excluding hydrogens is 286 g/mol. The van der Waals surface area contributed by atoms with E-state index in [0.29, 0.717) is 19.5 Å². The molecule has 1 heterocycles. The Bertz CT molecular complexity index is 576. The number of carbonyl (C=O) groups is 2. The third-order valence-electron chi connectivity index (χ3n) is 4.04. The summed E-state index contributed by atoms with van der Waals surface area (Å²) >= 11 is 5.06. The molecule has 1 aromatic rings. The summed E-state index contributed by atoms with van der Waals surface area (Å²) in [5.41, 5.74) is 11.3. The van der Waals surface area contributed by atoms with E-state index in [1.54, 1.807) is 11.8 Å². The van der Waals surface area contributed by atoms with Crippen molar-refractivity contribution in [3.63, 3.8) is 0 Å². The Labute approximate surface area is 129 Å². The molecule has 1 aromatic carbocycles. The van der Waals surface area contributed by atoms with Crippen molar-refractivity contribution in [2.24, 2.45) is 16.9 Å². The fraction of sp³-hybridized carbons (Fsp3) is 0.400. The van der Waals surface area contributed by atoms with Gasteiger partial charge in [0.25, 0.3) is 0 Å². The number of carbonyl (C=O) groups excluding carboxylic acids is 2. The van der Waals surface area contributed by atoms with Gasteiger partial charge in [-0.2, -0.15) is 0 Å². The molecule has 1 fully saturated rings. The molecule has 4 N–H and O–H groups in total. The van der Waals surface area contributed by atoms with Crippen molar-refractivity contribution < 1.29 is 9.59 Å². The van der Waals surface area contributed by atoms with Gasteiger partial charge in [0, 0.05) is 13.1 Å². The molecule has 0 aliphatic carbocycles. The maximum Gasteiger partial charge on any atom is 0.237 e. The molecule has 2 rings (SSSR count). The van der Waals surface area contributed by atoms with Crippen LogP contribution in [-0.4, -0.2) is 34.8 Å². The highest BCUT2D eigenvalue weighted by molar-refractivity contribution is 7.80. The third kappa shape index (κ3) is 3.05. The quantitative estimate of drug-likeness (QED) is 0.805. The number of likely N-dealkylation sites (tertiary alicyclic amines) is 1. The van der Waals surface area contributed by atoms with E-state index in [9.17, 15) is 9.59 Å². The first-order valence-electron chi connectivity index (χ1n) is 6.78. The molecule has 0 radical (unpaired) electrons. The smallest absolute Gasteiger partial charge is 0.237 e. The molecule has 2 atom stereocenters. The molecule has 0 bridgehead atoms. The molecule has 6 heteroatoms. The first-order chi connectivity index (χ1) is 9.85. The number of nitrogens with two attached hydrogens (primary N) is 2. The van der Waals surface area contributed by atoms with Gasteiger partial charge in [-0.05, 0) is 18.9 Å². The summed E-state index contributed by atoms with van der Waals surface area (Å²) < 4.78 is 0. The summed E-state index contributed by atoms with van der Waals surface area (Å²) in [4.78, 5) is 26.0. The molecule has 21 heavy (non-hydrogen) atoms. The first kappa shape index (κ1) is 15.4. The van der Waals surface area contributed by atoms with Crippen LogP contribution >= 0.6 is 12.2 Å². The Balaban J connectivity index is 2.22. The van der Waals surface area contributed by atoms with Crippen LogP contribution in [0, 0.1) is 5.41 Å². The number of hydrogen-bond donors (Lipinski definition) is 2. The Morgan fingerprint density at radius 2 is 1.90 bits per heavy atom. The number of benzene rings is 1. The van der Waals surface area contributed by atoms with Crippen LogP contribution in [0.2, 0.25) is 0 Å². The number of thiocarbonyl (C=S) groups is 1. The summed E-state index contributed by atoms with van der Waals surface area (Å²) in [5, 5.41) is 0. The summed E-state index contributed by atoms with van der Waals surface area (Å²) in [6.45, 7) is 2.58. The van der Waals surface area contributed by atoms with Gasteiger partial charge in [0.1, 0.15) is 5.92 Å². The molecule has 0 spiro atoms. The Morgan fingerprint density at radius 3 is 2.38 bits per heavy atom. The van der Waals surface area contributed by atoms with Gasteiger partial charge in [-0.1, -0.05) is 42.5 Å². The van der Waals surface area contributed by atoms with Crippen molar-refractivity contribution in [1.29, 1.82) is 0 Å². The van der Waals surface area contributed by atoms with Gasteiger partial charge < -0.3 is 16.4 Å². The summed E-state index contributed by atoms with van der Waals surface area (Å²) in [6, 6.07) is 9.19. The molecule has 1 saturated heterocycles. The Morgan fingerprint density at radius 1 is 1.29 bits per heavy atom. The molecule has 5 nitrogen and oxygen atoms in total. The zero-order valence-electron chi connectivity index (χ0n) is 11.9. The summed E-state index contributed by atoms with van der Waals surface area (Å²) in [7, 11) is 0. The normalized spacial score (nSPS) is 22.8. The monoisotopic (exact) mass is 305 g/mol. The van der Waals surface area contributed by atoms with E-state index in [-0.39, 0.29) is 16.8 Å². The fourth-order valence-electron chi connectivity index (χ4n) is 2.61. The summed E-state index contributed by atoms with van der Waals surface area (Å²) in [6.07, 6.45) is 0.562. The zero-order valence-corrected chi connectivity index (χ0v) is 12.7. The molecule has 112 valence electrons. The van der Waals surface area contributed by atoms with Gasteiger partial charge in [0.15, 0.2) is 0 Å². The lowest BCUT2D eigenvalue weighted by molar-refractivity contribution is -0.131. The van der Waals surface area contributed by atoms with Crippen LogP contribution < -0.4 is 11.5 Å². The standard InChI is InChI=1S/C15H19N3O2S/c1-15(14(17)20)7-8-18(9-15)13(19)11(12(16)21)10-5-3-2-4-6-10/h2-6,11H,7-9H2,1H3,(H2,16,21)(H2,17,20). The predicted molar refractivity (Wildman–Crippen MR) is 84.5 cm³/mol. The van der Waals surface area contributed by atoms with Crippen LogP contribution in [0.4, 0.5) is 0 Å². The van der Waals surface area contributed by atoms with Gasteiger partial charge in [-0.15, -0.1) is 0 Å². The van der Waals surface area contributed by atoms with Gasteiger partial charge in [-0.25, -0.2) is 0 Å². The molecular formula is C15H19N3O2S. The van der Waals surface area contributed by atoms with Gasteiger partial charge in [0.2, 0.25) is 11.8 Å². The van der Waals surface area contributed by atoms with Gasteiger partial charge >= 0.3 is 0 Å². The maximum atomic E-state index is 12.7. The topological polar surface area (TPSA) is 89.4 Å². The average Bonchev–Trinajstić information content (AvgIpc) is 2.84. The predicted octanol–water partition coefficient (Wildman–Crippen LogP) is 0.780. The van der Waals surface area contributed by atoms with Crippen molar-refractivity contribution in [1.82, 2.24) is 4.90 Å². The molecule has 0 saturated carbocycles. The van der Waals surface area contributed by atoms with Crippen molar-refractivity contribution >= 4 is 29.0 Å². The van der Waals surface area contributed by atoms with Crippen LogP contribution in [0.5, 0.6) is 0 Å². The van der Waals surface area contributed by atoms with E-state index < -0.39 is 11.3 Å². The van der Waals surface area contributed by atoms with E-state index in [2.05, 4.69) is 0 Å². The molecule has 2 amide bonds. The van der Waals surface area contributed by atoms with Gasteiger partial charge in [0.05, 0.1) is 10.4 Å². The SMILES string of the molecule is CC1(C(N)=O)CCN(C(=O)C(C(N)=S)c2ccccc2)C1. The number of hydrogen-bond acceptors (Lipinski definition) is 3. The first-order valence-corrected chi connectivity index (χ1v) is 7.19. The minimum atomic E-state index is -0.673. The summed E-state index contributed by atoms with van der Waals surface area (Å²) in [5.74, 6) is -1.21. The highest BCUT2D eigenvalue weighted by Crippen LogP contribution is 2.32. The van der Waals surface area contributed by atoms with Crippen LogP contribution in [0.25, 0.3) is 0 Å². The minimum absolute atomic E-state index is 0.138. The van der Waals surface area contributed by atoms with Gasteiger partial charge in [-0.3, -0.25) is 9.59 Å². The van der Waals surface area contributed by atoms with Crippen molar-refractivity contribution in [2.45, 2.75) is 19.3 Å². The molecule has 0 aromatic heterocycles. The van der Waals surface area contributed by atoms with E-state index >= 15 is 0 Å². The minimum Gasteiger partial charge on any atom is -0.392 e. The maximum absolute atomic E-state index is 12.7. The molecule has 1 aliphatic heterocycles. The Hall–Kier alpha value is -1.95. The third-order valence-corrected chi connectivity index (χ3v) is 4.28. The van der Waals surface area contributed by atoms with E-state index in [0.717, 1.165) is 5.56 Å². The lowest BCUT2D eigenvalue weighted by Gasteiger charge is -2.25. The highest BCUT2D eigenvalue weighted by Gasteiger charge is 2.42. The van der Waals surface area contributed by atoms with E-state index in [1.807, 2.05) is 30.3 Å². The lowest BCUT2D eigenvalue weighted by atomic mass is 9.89. The average molecular weight is 305 g/mol. The lowest BCUT2D eigenvalue weighted by Crippen LogP contribution is -2.42. The number of primary amides is 1. The second kappa shape index (κ2) is 5.81. The molecule has 2 unspecified atom stereocenters. The fourth-order valence-corrected chi connectivity index (χ4v) is 2.84. The van der Waals surface area contributed by atoms with E-state index in [1.165, 1.54) is 0 Å². The van der Waals surface area contributed by atoms with Crippen LogP contribution in [0.3, 0.4) is 0 Å². The number of nitrogens with zero attached hydrogens (tertiary/aromatic N) is 1. The van der Waals surface area contributed by atoms with Crippen molar-refractivity contribution in [3.05, 3.63) is 35.9 Å². The largest absolute Gasteiger partial charge is 0.392 e. The van der Waals surface area contributed by atoms with E-state index in [4.69, 9.17) is 23.7 Å².